The maximum atomic E-state index is 12.5. The van der Waals surface area contributed by atoms with Crippen LogP contribution in [0, 0.1) is 17.0 Å². The van der Waals surface area contributed by atoms with Gasteiger partial charge in [0.25, 0.3) is 11.6 Å². The van der Waals surface area contributed by atoms with Crippen LogP contribution in [-0.4, -0.2) is 47.0 Å². The van der Waals surface area contributed by atoms with Gasteiger partial charge in [-0.15, -0.1) is 0 Å². The summed E-state index contributed by atoms with van der Waals surface area (Å²) < 4.78 is 0. The van der Waals surface area contributed by atoms with E-state index < -0.39 is 4.92 Å². The number of nitrogens with zero attached hydrogens (tertiary/aromatic N) is 4. The molecule has 9 nitrogen and oxygen atoms in total. The molecule has 1 aliphatic rings. The van der Waals surface area contributed by atoms with Crippen molar-refractivity contribution < 1.29 is 9.72 Å². The Labute approximate surface area is 169 Å². The Morgan fingerprint density at radius 1 is 1.17 bits per heavy atom. The summed E-state index contributed by atoms with van der Waals surface area (Å²) in [4.78, 5) is 33.7. The molecule has 1 fully saturated rings. The van der Waals surface area contributed by atoms with Crippen LogP contribution < -0.4 is 15.5 Å². The molecular weight excluding hydrogens is 372 g/mol. The summed E-state index contributed by atoms with van der Waals surface area (Å²) in [5.74, 6) is 1.27. The predicted molar refractivity (Wildman–Crippen MR) is 111 cm³/mol. The van der Waals surface area contributed by atoms with Crippen LogP contribution in [0.5, 0.6) is 0 Å². The smallest absolute Gasteiger partial charge is 0.272 e. The Morgan fingerprint density at radius 3 is 2.48 bits per heavy atom. The minimum absolute atomic E-state index is 0.0219. The second kappa shape index (κ2) is 8.85. The SMILES string of the molecule is Cc1cc(C(=O)NC2CCC(Nc3nccc(N(C)C)n3)CC2)ccc1[N+](=O)[O-]. The third-order valence-corrected chi connectivity index (χ3v) is 5.15. The van der Waals surface area contributed by atoms with Gasteiger partial charge < -0.3 is 15.5 Å². The second-order valence-electron chi connectivity index (χ2n) is 7.56. The molecular formula is C20H26N6O3. The van der Waals surface area contributed by atoms with Gasteiger partial charge in [-0.3, -0.25) is 14.9 Å². The predicted octanol–water partition coefficient (Wildman–Crippen LogP) is 2.91. The highest BCUT2D eigenvalue weighted by atomic mass is 16.6. The Hall–Kier alpha value is -3.23. The van der Waals surface area contributed by atoms with Gasteiger partial charge in [-0.1, -0.05) is 0 Å². The molecule has 1 aromatic carbocycles. The van der Waals surface area contributed by atoms with Gasteiger partial charge in [-0.25, -0.2) is 4.98 Å². The maximum Gasteiger partial charge on any atom is 0.272 e. The molecule has 0 saturated heterocycles. The van der Waals surface area contributed by atoms with E-state index >= 15 is 0 Å². The van der Waals surface area contributed by atoms with Crippen molar-refractivity contribution in [2.45, 2.75) is 44.7 Å². The molecule has 1 aromatic heterocycles. The van der Waals surface area contributed by atoms with Gasteiger partial charge in [0.1, 0.15) is 5.82 Å². The van der Waals surface area contributed by atoms with E-state index in [4.69, 9.17) is 0 Å². The lowest BCUT2D eigenvalue weighted by Gasteiger charge is -2.29. The number of aromatic nitrogens is 2. The average Bonchev–Trinajstić information content (AvgIpc) is 2.69. The van der Waals surface area contributed by atoms with Crippen molar-refractivity contribution in [2.24, 2.45) is 0 Å². The maximum absolute atomic E-state index is 12.5. The monoisotopic (exact) mass is 398 g/mol. The summed E-state index contributed by atoms with van der Waals surface area (Å²) in [5.41, 5.74) is 0.950. The van der Waals surface area contributed by atoms with Crippen LogP contribution in [0.25, 0.3) is 0 Å². The Balaban J connectivity index is 1.52. The van der Waals surface area contributed by atoms with Gasteiger partial charge >= 0.3 is 0 Å². The fraction of sp³-hybridized carbons (Fsp3) is 0.450. The van der Waals surface area contributed by atoms with E-state index in [1.165, 1.54) is 12.1 Å². The van der Waals surface area contributed by atoms with Gasteiger partial charge in [0, 0.05) is 49.6 Å². The highest BCUT2D eigenvalue weighted by Crippen LogP contribution is 2.23. The number of anilines is 2. The van der Waals surface area contributed by atoms with E-state index in [-0.39, 0.29) is 23.7 Å². The molecule has 3 rings (SSSR count). The Morgan fingerprint density at radius 2 is 1.86 bits per heavy atom. The number of hydrogen-bond acceptors (Lipinski definition) is 7. The fourth-order valence-electron chi connectivity index (χ4n) is 3.50. The summed E-state index contributed by atoms with van der Waals surface area (Å²) in [6, 6.07) is 6.66. The van der Waals surface area contributed by atoms with E-state index in [0.29, 0.717) is 17.1 Å². The van der Waals surface area contributed by atoms with Crippen LogP contribution in [-0.2, 0) is 0 Å². The molecule has 1 aliphatic carbocycles. The molecule has 1 heterocycles. The molecule has 2 N–H and O–H groups in total. The van der Waals surface area contributed by atoms with Crippen LogP contribution in [0.3, 0.4) is 0 Å². The normalized spacial score (nSPS) is 18.7. The molecule has 0 bridgehead atoms. The molecule has 0 atom stereocenters. The highest BCUT2D eigenvalue weighted by Gasteiger charge is 2.24. The summed E-state index contributed by atoms with van der Waals surface area (Å²) in [6.07, 6.45) is 5.24. The molecule has 0 aliphatic heterocycles. The number of nitrogens with one attached hydrogen (secondary N) is 2. The highest BCUT2D eigenvalue weighted by molar-refractivity contribution is 5.94. The summed E-state index contributed by atoms with van der Waals surface area (Å²) in [7, 11) is 3.87. The van der Waals surface area contributed by atoms with Gasteiger partial charge in [0.05, 0.1) is 4.92 Å². The van der Waals surface area contributed by atoms with Crippen molar-refractivity contribution in [2.75, 3.05) is 24.3 Å². The summed E-state index contributed by atoms with van der Waals surface area (Å²) >= 11 is 0. The summed E-state index contributed by atoms with van der Waals surface area (Å²) in [6.45, 7) is 1.64. The van der Waals surface area contributed by atoms with E-state index in [1.54, 1.807) is 19.2 Å². The lowest BCUT2D eigenvalue weighted by atomic mass is 9.91. The molecule has 29 heavy (non-hydrogen) atoms. The zero-order chi connectivity index (χ0) is 21.0. The Bertz CT molecular complexity index is 894. The first-order chi connectivity index (χ1) is 13.8. The molecule has 154 valence electrons. The molecule has 0 spiro atoms. The molecule has 0 unspecified atom stereocenters. The van der Waals surface area contributed by atoms with Crippen molar-refractivity contribution in [3.63, 3.8) is 0 Å². The van der Waals surface area contributed by atoms with Crippen LogP contribution >= 0.6 is 0 Å². The third kappa shape index (κ3) is 5.18. The number of nitro groups is 1. The third-order valence-electron chi connectivity index (χ3n) is 5.15. The number of carbonyl (C=O) groups is 1. The quantitative estimate of drug-likeness (QED) is 0.568. The van der Waals surface area contributed by atoms with Crippen LogP contribution in [0.1, 0.15) is 41.6 Å². The Kier molecular flexibility index (Phi) is 6.26. The first-order valence-corrected chi connectivity index (χ1v) is 9.66. The average molecular weight is 398 g/mol. The molecule has 9 heteroatoms. The molecule has 1 saturated carbocycles. The number of benzene rings is 1. The van der Waals surface area contributed by atoms with E-state index in [9.17, 15) is 14.9 Å². The van der Waals surface area contributed by atoms with Crippen LogP contribution in [0.4, 0.5) is 17.5 Å². The number of carbonyl (C=O) groups excluding carboxylic acids is 1. The van der Waals surface area contributed by atoms with E-state index in [0.717, 1.165) is 31.5 Å². The molecule has 1 amide bonds. The molecule has 2 aromatic rings. The van der Waals surface area contributed by atoms with Gasteiger partial charge in [-0.2, -0.15) is 4.98 Å². The minimum atomic E-state index is -0.441. The van der Waals surface area contributed by atoms with Gasteiger partial charge in [-0.05, 0) is 50.8 Å². The number of amides is 1. The van der Waals surface area contributed by atoms with Crippen molar-refractivity contribution in [3.8, 4) is 0 Å². The second-order valence-corrected chi connectivity index (χ2v) is 7.56. The largest absolute Gasteiger partial charge is 0.363 e. The lowest BCUT2D eigenvalue weighted by molar-refractivity contribution is -0.385. The standard InChI is InChI=1S/C20H26N6O3/c1-13-12-14(4-9-17(13)26(28)29)19(27)22-15-5-7-16(8-6-15)23-20-21-11-10-18(24-20)25(2)3/h4,9-12,15-16H,5-8H2,1-3H3,(H,22,27)(H,21,23,24). The first kappa shape index (κ1) is 20.5. The van der Waals surface area contributed by atoms with Crippen LogP contribution in [0.15, 0.2) is 30.5 Å². The van der Waals surface area contributed by atoms with E-state index in [2.05, 4.69) is 20.6 Å². The van der Waals surface area contributed by atoms with E-state index in [1.807, 2.05) is 25.1 Å². The number of rotatable bonds is 6. The lowest BCUT2D eigenvalue weighted by Crippen LogP contribution is -2.40. The first-order valence-electron chi connectivity index (χ1n) is 9.66. The fourth-order valence-corrected chi connectivity index (χ4v) is 3.50. The van der Waals surface area contributed by atoms with Crippen molar-refractivity contribution in [1.29, 1.82) is 0 Å². The number of aryl methyl sites for hydroxylation is 1. The van der Waals surface area contributed by atoms with Gasteiger partial charge in [0.15, 0.2) is 0 Å². The zero-order valence-electron chi connectivity index (χ0n) is 16.9. The topological polar surface area (TPSA) is 113 Å². The number of nitro benzene ring substituents is 1. The summed E-state index contributed by atoms with van der Waals surface area (Å²) in [5, 5.41) is 17.3. The zero-order valence-corrected chi connectivity index (χ0v) is 16.9. The molecule has 0 radical (unpaired) electrons. The van der Waals surface area contributed by atoms with Gasteiger partial charge in [0.2, 0.25) is 5.95 Å². The van der Waals surface area contributed by atoms with Crippen molar-refractivity contribution >= 4 is 23.4 Å². The van der Waals surface area contributed by atoms with Crippen molar-refractivity contribution in [1.82, 2.24) is 15.3 Å². The minimum Gasteiger partial charge on any atom is -0.363 e. The number of hydrogen-bond donors (Lipinski definition) is 2. The van der Waals surface area contributed by atoms with Crippen LogP contribution in [0.2, 0.25) is 0 Å². The van der Waals surface area contributed by atoms with Crippen molar-refractivity contribution in [3.05, 3.63) is 51.7 Å².